The van der Waals surface area contributed by atoms with Gasteiger partial charge in [0.15, 0.2) is 11.5 Å². The molecule has 1 aromatic carbocycles. The number of nitrogens with one attached hydrogen (secondary N) is 1. The predicted octanol–water partition coefficient (Wildman–Crippen LogP) is 3.84. The Balaban J connectivity index is 1.47. The van der Waals surface area contributed by atoms with Crippen molar-refractivity contribution in [2.24, 2.45) is 0 Å². The molecule has 0 bridgehead atoms. The highest BCUT2D eigenvalue weighted by atomic mass is 35.5. The molecule has 0 aliphatic carbocycles. The van der Waals surface area contributed by atoms with Crippen LogP contribution in [0.1, 0.15) is 5.56 Å². The summed E-state index contributed by atoms with van der Waals surface area (Å²) in [4.78, 5) is 17.1. The first-order valence-corrected chi connectivity index (χ1v) is 10.0. The number of pyridine rings is 1. The smallest absolute Gasteiger partial charge is 0.186 e. The molecule has 3 aromatic heterocycles. The molecule has 1 aliphatic heterocycles. The lowest BCUT2D eigenvalue weighted by atomic mass is 10.1. The number of H-pyrrole nitrogens is 1. The maximum absolute atomic E-state index is 14.4. The number of hydrogen-bond acceptors (Lipinski definition) is 6. The molecule has 4 aromatic rings. The van der Waals surface area contributed by atoms with Crippen LogP contribution in [0, 0.1) is 12.7 Å². The maximum Gasteiger partial charge on any atom is 0.186 e. The molecule has 7 nitrogen and oxygen atoms in total. The topological polar surface area (TPSA) is 73.8 Å². The van der Waals surface area contributed by atoms with Crippen LogP contribution < -0.4 is 9.80 Å². The number of hydrogen-bond donors (Lipinski definition) is 1. The number of rotatable bonds is 3. The zero-order valence-corrected chi connectivity index (χ0v) is 17.1. The molecule has 30 heavy (non-hydrogen) atoms. The van der Waals surface area contributed by atoms with E-state index in [1.807, 2.05) is 18.2 Å². The number of nitrogens with zero attached hydrogens (tertiary/aromatic N) is 6. The van der Waals surface area contributed by atoms with Gasteiger partial charge >= 0.3 is 0 Å². The first kappa shape index (κ1) is 18.7. The zero-order chi connectivity index (χ0) is 20.7. The van der Waals surface area contributed by atoms with Crippen LogP contribution in [0.5, 0.6) is 0 Å². The van der Waals surface area contributed by atoms with E-state index in [-0.39, 0.29) is 0 Å². The molecule has 5 rings (SSSR count). The van der Waals surface area contributed by atoms with E-state index in [2.05, 4.69) is 41.9 Å². The molecule has 4 heterocycles. The van der Waals surface area contributed by atoms with Gasteiger partial charge in [-0.3, -0.25) is 10.1 Å². The van der Waals surface area contributed by atoms with Crippen LogP contribution in [0.2, 0.25) is 5.02 Å². The average Bonchev–Trinajstić information content (AvgIpc) is 3.20. The zero-order valence-electron chi connectivity index (χ0n) is 16.3. The van der Waals surface area contributed by atoms with Gasteiger partial charge in [0.1, 0.15) is 12.1 Å². The Labute approximate surface area is 177 Å². The average molecular weight is 424 g/mol. The van der Waals surface area contributed by atoms with Gasteiger partial charge in [-0.05, 0) is 30.7 Å². The number of aromatic nitrogens is 5. The summed E-state index contributed by atoms with van der Waals surface area (Å²) in [6.45, 7) is 5.27. The van der Waals surface area contributed by atoms with Gasteiger partial charge in [0, 0.05) is 48.6 Å². The van der Waals surface area contributed by atoms with Crippen LogP contribution in [-0.4, -0.2) is 51.3 Å². The van der Waals surface area contributed by atoms with Crippen molar-refractivity contribution in [3.63, 3.8) is 0 Å². The van der Waals surface area contributed by atoms with Gasteiger partial charge in [0.25, 0.3) is 0 Å². The van der Waals surface area contributed by atoms with Crippen molar-refractivity contribution in [2.45, 2.75) is 6.92 Å². The first-order valence-electron chi connectivity index (χ1n) is 9.67. The van der Waals surface area contributed by atoms with E-state index in [1.165, 1.54) is 18.1 Å². The number of piperazine rings is 1. The summed E-state index contributed by atoms with van der Waals surface area (Å²) in [6.07, 6.45) is 4.25. The minimum atomic E-state index is -0.417. The summed E-state index contributed by atoms with van der Waals surface area (Å²) < 4.78 is 14.4. The van der Waals surface area contributed by atoms with Crippen molar-refractivity contribution in [3.8, 4) is 11.3 Å². The van der Waals surface area contributed by atoms with E-state index in [0.29, 0.717) is 16.9 Å². The fourth-order valence-corrected chi connectivity index (χ4v) is 4.10. The molecule has 0 unspecified atom stereocenters. The molecule has 1 saturated heterocycles. The third-order valence-electron chi connectivity index (χ3n) is 5.46. The number of benzene rings is 1. The quantitative estimate of drug-likeness (QED) is 0.539. The van der Waals surface area contributed by atoms with Crippen LogP contribution in [0.3, 0.4) is 0 Å². The SMILES string of the molecule is Cc1ccc(Cl)cc1N1CCN(c2ncnc3n[nH]c(-c4ccncc4F)c23)CC1. The summed E-state index contributed by atoms with van der Waals surface area (Å²) >= 11 is 6.20. The van der Waals surface area contributed by atoms with Gasteiger partial charge in [-0.1, -0.05) is 17.7 Å². The monoisotopic (exact) mass is 423 g/mol. The van der Waals surface area contributed by atoms with Crippen molar-refractivity contribution < 1.29 is 4.39 Å². The number of aromatic amines is 1. The summed E-state index contributed by atoms with van der Waals surface area (Å²) in [6, 6.07) is 7.58. The fraction of sp³-hybridized carbons (Fsp3) is 0.238. The Kier molecular flexibility index (Phi) is 4.71. The van der Waals surface area contributed by atoms with Crippen LogP contribution in [-0.2, 0) is 0 Å². The van der Waals surface area contributed by atoms with E-state index >= 15 is 0 Å². The molecule has 0 radical (unpaired) electrons. The van der Waals surface area contributed by atoms with Gasteiger partial charge in [0.05, 0.1) is 17.3 Å². The molecule has 152 valence electrons. The summed E-state index contributed by atoms with van der Waals surface area (Å²) in [5.74, 6) is 0.335. The largest absolute Gasteiger partial charge is 0.368 e. The fourth-order valence-electron chi connectivity index (χ4n) is 3.94. The third kappa shape index (κ3) is 3.23. The van der Waals surface area contributed by atoms with Crippen molar-refractivity contribution in [2.75, 3.05) is 36.0 Å². The van der Waals surface area contributed by atoms with Crippen molar-refractivity contribution in [3.05, 3.63) is 59.4 Å². The van der Waals surface area contributed by atoms with Crippen LogP contribution in [0.15, 0.2) is 43.0 Å². The van der Waals surface area contributed by atoms with Gasteiger partial charge in [-0.2, -0.15) is 5.10 Å². The molecule has 1 aliphatic rings. The van der Waals surface area contributed by atoms with Gasteiger partial charge in [-0.25, -0.2) is 14.4 Å². The first-order chi connectivity index (χ1) is 14.6. The molecular formula is C21H19ClFN7. The van der Waals surface area contributed by atoms with Crippen molar-refractivity contribution >= 4 is 34.1 Å². The minimum Gasteiger partial charge on any atom is -0.368 e. The van der Waals surface area contributed by atoms with Crippen LogP contribution in [0.25, 0.3) is 22.3 Å². The normalized spacial score (nSPS) is 14.5. The highest BCUT2D eigenvalue weighted by Gasteiger charge is 2.24. The summed E-state index contributed by atoms with van der Waals surface area (Å²) in [5.41, 5.74) is 3.82. The third-order valence-corrected chi connectivity index (χ3v) is 5.70. The Morgan fingerprint density at radius 3 is 2.67 bits per heavy atom. The number of anilines is 2. The van der Waals surface area contributed by atoms with Gasteiger partial charge < -0.3 is 9.80 Å². The number of halogens is 2. The Morgan fingerprint density at radius 2 is 1.87 bits per heavy atom. The second kappa shape index (κ2) is 7.53. The molecule has 1 fully saturated rings. The second-order valence-electron chi connectivity index (χ2n) is 7.25. The van der Waals surface area contributed by atoms with E-state index in [0.717, 1.165) is 48.1 Å². The highest BCUT2D eigenvalue weighted by molar-refractivity contribution is 6.30. The van der Waals surface area contributed by atoms with Crippen molar-refractivity contribution in [1.82, 2.24) is 25.1 Å². The van der Waals surface area contributed by atoms with Crippen molar-refractivity contribution in [1.29, 1.82) is 0 Å². The molecule has 0 atom stereocenters. The molecular weight excluding hydrogens is 405 g/mol. The van der Waals surface area contributed by atoms with E-state index in [4.69, 9.17) is 11.6 Å². The molecule has 1 N–H and O–H groups in total. The summed E-state index contributed by atoms with van der Waals surface area (Å²) in [7, 11) is 0. The molecule has 9 heteroatoms. The Bertz CT molecular complexity index is 1220. The van der Waals surface area contributed by atoms with E-state index in [1.54, 1.807) is 12.3 Å². The lowest BCUT2D eigenvalue weighted by molar-refractivity contribution is 0.624. The number of fused-ring (bicyclic) bond motifs is 1. The summed E-state index contributed by atoms with van der Waals surface area (Å²) in [5, 5.41) is 8.64. The lowest BCUT2D eigenvalue weighted by Gasteiger charge is -2.37. The number of aryl methyl sites for hydroxylation is 1. The molecule has 0 saturated carbocycles. The predicted molar refractivity (Wildman–Crippen MR) is 115 cm³/mol. The molecule has 0 spiro atoms. The Hall–Kier alpha value is -3.26. The second-order valence-corrected chi connectivity index (χ2v) is 7.69. The Morgan fingerprint density at radius 1 is 1.07 bits per heavy atom. The lowest BCUT2D eigenvalue weighted by Crippen LogP contribution is -2.47. The maximum atomic E-state index is 14.4. The van der Waals surface area contributed by atoms with E-state index < -0.39 is 5.82 Å². The standard InChI is InChI=1S/C21H19ClFN7/c1-13-2-3-14(22)10-17(13)29-6-8-30(9-7-29)21-18-19(15-4-5-24-11-16(15)23)27-28-20(18)25-12-26-21/h2-5,10-12H,6-9H2,1H3,(H,25,26,27,28). The minimum absolute atomic E-state index is 0.400. The van der Waals surface area contributed by atoms with Crippen LogP contribution in [0.4, 0.5) is 15.9 Å². The van der Waals surface area contributed by atoms with Gasteiger partial charge in [-0.15, -0.1) is 0 Å². The van der Waals surface area contributed by atoms with Gasteiger partial charge in [0.2, 0.25) is 0 Å². The molecule has 0 amide bonds. The van der Waals surface area contributed by atoms with E-state index in [9.17, 15) is 4.39 Å². The highest BCUT2D eigenvalue weighted by Crippen LogP contribution is 2.34. The van der Waals surface area contributed by atoms with Crippen LogP contribution >= 0.6 is 11.6 Å².